The molecule has 0 N–H and O–H groups in total. The Morgan fingerprint density at radius 2 is 2.00 bits per heavy atom. The molecular formula is C12H18N4O2. The third-order valence-electron chi connectivity index (χ3n) is 3.28. The normalized spacial score (nSPS) is 18.7. The van der Waals surface area contributed by atoms with Crippen LogP contribution >= 0.6 is 0 Å². The summed E-state index contributed by atoms with van der Waals surface area (Å²) in [6.45, 7) is 4.88. The van der Waals surface area contributed by atoms with Crippen LogP contribution in [0.3, 0.4) is 0 Å². The van der Waals surface area contributed by atoms with Gasteiger partial charge in [0.25, 0.3) is 5.56 Å². The van der Waals surface area contributed by atoms with Crippen LogP contribution in [-0.2, 0) is 4.79 Å². The maximum absolute atomic E-state index is 12.3. The second kappa shape index (κ2) is 5.30. The molecule has 1 aliphatic heterocycles. The number of rotatable bonds is 2. The van der Waals surface area contributed by atoms with Crippen LogP contribution in [0.15, 0.2) is 23.1 Å². The number of amides is 1. The number of carbonyl (C=O) groups excluding carboxylic acids is 1. The summed E-state index contributed by atoms with van der Waals surface area (Å²) in [6, 6.07) is 2.45. The molecule has 1 aromatic rings. The first-order valence-electron chi connectivity index (χ1n) is 6.11. The molecular weight excluding hydrogens is 232 g/mol. The van der Waals surface area contributed by atoms with Gasteiger partial charge in [0.05, 0.1) is 0 Å². The van der Waals surface area contributed by atoms with Crippen molar-refractivity contribution in [3.63, 3.8) is 0 Å². The molecule has 2 rings (SSSR count). The highest BCUT2D eigenvalue weighted by Gasteiger charge is 2.25. The summed E-state index contributed by atoms with van der Waals surface area (Å²) < 4.78 is 1.24. The van der Waals surface area contributed by atoms with Crippen LogP contribution in [0.4, 0.5) is 0 Å². The van der Waals surface area contributed by atoms with Gasteiger partial charge < -0.3 is 9.80 Å². The standard InChI is InChI=1S/C12H18N4O2/c1-10(16-11(17)4-3-5-13-16)12(18)15-8-6-14(2)7-9-15/h3-5,10H,6-9H2,1-2H3. The molecule has 0 radical (unpaired) electrons. The first-order valence-corrected chi connectivity index (χ1v) is 6.11. The van der Waals surface area contributed by atoms with Crippen molar-refractivity contribution >= 4 is 5.91 Å². The number of hydrogen-bond acceptors (Lipinski definition) is 4. The van der Waals surface area contributed by atoms with Crippen LogP contribution < -0.4 is 5.56 Å². The molecule has 1 atom stereocenters. The molecule has 1 unspecified atom stereocenters. The van der Waals surface area contributed by atoms with E-state index in [4.69, 9.17) is 0 Å². The van der Waals surface area contributed by atoms with Crippen molar-refractivity contribution in [3.8, 4) is 0 Å². The van der Waals surface area contributed by atoms with Gasteiger partial charge in [0.15, 0.2) is 0 Å². The van der Waals surface area contributed by atoms with Crippen LogP contribution in [0.1, 0.15) is 13.0 Å². The van der Waals surface area contributed by atoms with Crippen molar-refractivity contribution in [2.24, 2.45) is 0 Å². The third-order valence-corrected chi connectivity index (χ3v) is 3.28. The zero-order valence-corrected chi connectivity index (χ0v) is 10.7. The fraction of sp³-hybridized carbons (Fsp3) is 0.583. The van der Waals surface area contributed by atoms with Crippen molar-refractivity contribution in [1.29, 1.82) is 0 Å². The van der Waals surface area contributed by atoms with Crippen LogP contribution in [0.25, 0.3) is 0 Å². The van der Waals surface area contributed by atoms with E-state index in [-0.39, 0.29) is 11.5 Å². The largest absolute Gasteiger partial charge is 0.338 e. The number of carbonyl (C=O) groups is 1. The van der Waals surface area contributed by atoms with Gasteiger partial charge >= 0.3 is 0 Å². The van der Waals surface area contributed by atoms with Crippen molar-refractivity contribution in [1.82, 2.24) is 19.6 Å². The van der Waals surface area contributed by atoms with E-state index in [9.17, 15) is 9.59 Å². The SMILES string of the molecule is CC(C(=O)N1CCN(C)CC1)n1ncccc1=O. The molecule has 0 bridgehead atoms. The van der Waals surface area contributed by atoms with Crippen molar-refractivity contribution < 1.29 is 4.79 Å². The number of aromatic nitrogens is 2. The summed E-state index contributed by atoms with van der Waals surface area (Å²) in [5.74, 6) is -0.0381. The Labute approximate surface area is 106 Å². The van der Waals surface area contributed by atoms with Crippen molar-refractivity contribution in [2.75, 3.05) is 33.2 Å². The average molecular weight is 250 g/mol. The Morgan fingerprint density at radius 3 is 2.61 bits per heavy atom. The lowest BCUT2D eigenvalue weighted by atomic mass is 10.2. The minimum absolute atomic E-state index is 0.0381. The van der Waals surface area contributed by atoms with Crippen LogP contribution in [0.5, 0.6) is 0 Å². The van der Waals surface area contributed by atoms with Crippen molar-refractivity contribution in [3.05, 3.63) is 28.7 Å². The summed E-state index contributed by atoms with van der Waals surface area (Å²) in [4.78, 5) is 27.9. The van der Waals surface area contributed by atoms with Gasteiger partial charge in [-0.2, -0.15) is 5.10 Å². The van der Waals surface area contributed by atoms with E-state index >= 15 is 0 Å². The predicted molar refractivity (Wildman–Crippen MR) is 67.3 cm³/mol. The molecule has 6 nitrogen and oxygen atoms in total. The summed E-state index contributed by atoms with van der Waals surface area (Å²) >= 11 is 0. The minimum atomic E-state index is -0.540. The highest BCUT2D eigenvalue weighted by atomic mass is 16.2. The molecule has 98 valence electrons. The van der Waals surface area contributed by atoms with E-state index in [2.05, 4.69) is 10.00 Å². The minimum Gasteiger partial charge on any atom is -0.338 e. The zero-order chi connectivity index (χ0) is 13.1. The summed E-state index contributed by atoms with van der Waals surface area (Å²) in [5.41, 5.74) is -0.243. The van der Waals surface area contributed by atoms with Gasteiger partial charge in [-0.15, -0.1) is 0 Å². The molecule has 1 saturated heterocycles. The van der Waals surface area contributed by atoms with Gasteiger partial charge in [0, 0.05) is 38.4 Å². The van der Waals surface area contributed by atoms with Crippen molar-refractivity contribution in [2.45, 2.75) is 13.0 Å². The first-order chi connectivity index (χ1) is 8.59. The third kappa shape index (κ3) is 2.59. The van der Waals surface area contributed by atoms with E-state index in [1.807, 2.05) is 7.05 Å². The molecule has 2 heterocycles. The quantitative estimate of drug-likeness (QED) is 0.715. The van der Waals surface area contributed by atoms with Gasteiger partial charge in [0.2, 0.25) is 5.91 Å². The number of piperazine rings is 1. The fourth-order valence-corrected chi connectivity index (χ4v) is 2.06. The fourth-order valence-electron chi connectivity index (χ4n) is 2.06. The highest BCUT2D eigenvalue weighted by molar-refractivity contribution is 5.80. The Hall–Kier alpha value is -1.69. The molecule has 1 aromatic heterocycles. The average Bonchev–Trinajstić information content (AvgIpc) is 2.38. The molecule has 1 aliphatic rings. The lowest BCUT2D eigenvalue weighted by Gasteiger charge is -2.33. The maximum atomic E-state index is 12.3. The Morgan fingerprint density at radius 1 is 1.33 bits per heavy atom. The van der Waals surface area contributed by atoms with E-state index in [0.29, 0.717) is 13.1 Å². The van der Waals surface area contributed by atoms with Crippen LogP contribution in [-0.4, -0.2) is 58.7 Å². The topological polar surface area (TPSA) is 58.4 Å². The van der Waals surface area contributed by atoms with Gasteiger partial charge in [-0.25, -0.2) is 4.68 Å². The molecule has 6 heteroatoms. The second-order valence-corrected chi connectivity index (χ2v) is 4.61. The van der Waals surface area contributed by atoms with E-state index < -0.39 is 6.04 Å². The lowest BCUT2D eigenvalue weighted by molar-refractivity contribution is -0.136. The van der Waals surface area contributed by atoms with Gasteiger partial charge in [-0.1, -0.05) is 0 Å². The summed E-state index contributed by atoms with van der Waals surface area (Å²) in [6.07, 6.45) is 1.52. The second-order valence-electron chi connectivity index (χ2n) is 4.61. The molecule has 0 aromatic carbocycles. The molecule has 0 saturated carbocycles. The Bertz CT molecular complexity index is 477. The predicted octanol–water partition coefficient (Wildman–Crippen LogP) is -0.422. The van der Waals surface area contributed by atoms with Gasteiger partial charge in [-0.3, -0.25) is 9.59 Å². The number of hydrogen-bond donors (Lipinski definition) is 0. The van der Waals surface area contributed by atoms with E-state index in [0.717, 1.165) is 13.1 Å². The Kier molecular flexibility index (Phi) is 3.76. The number of likely N-dealkylation sites (N-methyl/N-ethyl adjacent to an activating group) is 1. The Balaban J connectivity index is 2.10. The molecule has 0 aliphatic carbocycles. The molecule has 1 fully saturated rings. The maximum Gasteiger partial charge on any atom is 0.267 e. The smallest absolute Gasteiger partial charge is 0.267 e. The van der Waals surface area contributed by atoms with E-state index in [1.165, 1.54) is 16.9 Å². The van der Waals surface area contributed by atoms with Gasteiger partial charge in [0.1, 0.15) is 6.04 Å². The molecule has 0 spiro atoms. The summed E-state index contributed by atoms with van der Waals surface area (Å²) in [7, 11) is 2.04. The van der Waals surface area contributed by atoms with Crippen LogP contribution in [0, 0.1) is 0 Å². The van der Waals surface area contributed by atoms with Crippen LogP contribution in [0.2, 0.25) is 0 Å². The first kappa shape index (κ1) is 12.8. The molecule has 1 amide bonds. The van der Waals surface area contributed by atoms with E-state index in [1.54, 1.807) is 17.9 Å². The highest BCUT2D eigenvalue weighted by Crippen LogP contribution is 2.08. The zero-order valence-electron chi connectivity index (χ0n) is 10.7. The number of nitrogens with zero attached hydrogens (tertiary/aromatic N) is 4. The van der Waals surface area contributed by atoms with Gasteiger partial charge in [-0.05, 0) is 20.0 Å². The summed E-state index contributed by atoms with van der Waals surface area (Å²) in [5, 5.41) is 3.96. The molecule has 18 heavy (non-hydrogen) atoms. The lowest BCUT2D eigenvalue weighted by Crippen LogP contribution is -2.49. The monoisotopic (exact) mass is 250 g/mol.